The number of rotatable bonds is 15. The van der Waals surface area contributed by atoms with E-state index in [0.717, 1.165) is 25.9 Å². The zero-order chi connectivity index (χ0) is 34.4. The van der Waals surface area contributed by atoms with Crippen LogP contribution in [0.4, 0.5) is 0 Å². The highest BCUT2D eigenvalue weighted by Crippen LogP contribution is 2.50. The third kappa shape index (κ3) is 10.8. The summed E-state index contributed by atoms with van der Waals surface area (Å²) < 4.78 is 53.9. The first-order valence-electron chi connectivity index (χ1n) is 17.5. The van der Waals surface area contributed by atoms with Crippen LogP contribution >= 0.6 is 0 Å². The number of methoxy groups -OCH3 is 1. The van der Waals surface area contributed by atoms with Crippen LogP contribution in [-0.2, 0) is 36.7 Å². The predicted molar refractivity (Wildman–Crippen MR) is 193 cm³/mol. The summed E-state index contributed by atoms with van der Waals surface area (Å²) in [6, 6.07) is 0. The molecule has 0 saturated carbocycles. The Labute approximate surface area is 280 Å². The Bertz CT molecular complexity index is 956. The molecule has 3 aliphatic heterocycles. The number of ether oxygens (including phenoxy) is 4. The molecular formula is C33H70O8Si4. The fourth-order valence-electron chi connectivity index (χ4n) is 6.34. The maximum Gasteiger partial charge on any atom is 0.198 e. The van der Waals surface area contributed by atoms with Crippen LogP contribution in [0, 0.1) is 11.8 Å². The van der Waals surface area contributed by atoms with E-state index in [2.05, 4.69) is 107 Å². The van der Waals surface area contributed by atoms with E-state index in [4.69, 9.17) is 36.7 Å². The second-order valence-corrected chi connectivity index (χ2v) is 36.6. The maximum absolute atomic E-state index is 7.20. The molecule has 0 spiro atoms. The van der Waals surface area contributed by atoms with E-state index in [-0.39, 0.29) is 53.7 Å². The van der Waals surface area contributed by atoms with Gasteiger partial charge in [-0.05, 0) is 96.3 Å². The molecule has 0 aromatic rings. The molecule has 0 bridgehead atoms. The SMILES string of the molecule is CO[C@]1([C@@H](O[Si](C)(C)C)[C@@H]2O[C@@H]3O[C@H]3[C@H](O[Si](C)(C)C(C)(C)C)[C@H]2C)C[C@H](O[Si](C)(C)C)[C@@H](C)[C@@H](CCCCO[Si](C)(C)C)O1. The topological polar surface area (TPSA) is 77.1 Å². The summed E-state index contributed by atoms with van der Waals surface area (Å²) in [6.07, 6.45) is 2.31. The fourth-order valence-corrected chi connectivity index (χ4v) is 10.8. The number of unbranched alkanes of at least 4 members (excludes halogenated alkanes) is 1. The Morgan fingerprint density at radius 2 is 1.42 bits per heavy atom. The molecular weight excluding hydrogens is 637 g/mol. The molecule has 10 atom stereocenters. The van der Waals surface area contributed by atoms with E-state index < -0.39 is 45.2 Å². The first-order chi connectivity index (χ1) is 20.3. The molecule has 0 amide bonds. The first kappa shape index (κ1) is 40.0. The van der Waals surface area contributed by atoms with Crippen molar-refractivity contribution in [3.05, 3.63) is 0 Å². The molecule has 266 valence electrons. The highest BCUT2D eigenvalue weighted by atomic mass is 28.4. The molecule has 0 aliphatic carbocycles. The zero-order valence-electron chi connectivity index (χ0n) is 32.0. The minimum absolute atomic E-state index is 0.00978. The Balaban J connectivity index is 1.97. The van der Waals surface area contributed by atoms with Crippen molar-refractivity contribution >= 4 is 33.3 Å². The molecule has 3 saturated heterocycles. The van der Waals surface area contributed by atoms with Gasteiger partial charge in [0.25, 0.3) is 0 Å². The minimum Gasteiger partial charge on any atom is -0.418 e. The summed E-state index contributed by atoms with van der Waals surface area (Å²) in [6.45, 7) is 37.0. The van der Waals surface area contributed by atoms with Gasteiger partial charge in [-0.3, -0.25) is 0 Å². The van der Waals surface area contributed by atoms with Crippen molar-refractivity contribution in [1.82, 2.24) is 0 Å². The van der Waals surface area contributed by atoms with Crippen molar-refractivity contribution in [2.45, 2.75) is 186 Å². The van der Waals surface area contributed by atoms with E-state index in [1.54, 1.807) is 7.11 Å². The first-order valence-corrected chi connectivity index (χ1v) is 30.6. The normalized spacial score (nSPS) is 35.7. The summed E-state index contributed by atoms with van der Waals surface area (Å²) in [7, 11) is -5.82. The fraction of sp³-hybridized carbons (Fsp3) is 1.00. The van der Waals surface area contributed by atoms with Gasteiger partial charge in [-0.1, -0.05) is 34.6 Å². The second-order valence-electron chi connectivity index (χ2n) is 18.4. The summed E-state index contributed by atoms with van der Waals surface area (Å²) in [5.41, 5.74) is 0. The Morgan fingerprint density at radius 1 is 0.800 bits per heavy atom. The van der Waals surface area contributed by atoms with Crippen molar-refractivity contribution < 1.29 is 36.7 Å². The van der Waals surface area contributed by atoms with E-state index >= 15 is 0 Å². The van der Waals surface area contributed by atoms with Crippen LogP contribution in [0.25, 0.3) is 0 Å². The van der Waals surface area contributed by atoms with Crippen LogP contribution in [-0.4, -0.2) is 95.7 Å². The molecule has 0 aromatic carbocycles. The van der Waals surface area contributed by atoms with Crippen LogP contribution in [0.1, 0.15) is 60.3 Å². The highest BCUT2D eigenvalue weighted by Gasteiger charge is 2.64. The quantitative estimate of drug-likeness (QED) is 0.0956. The van der Waals surface area contributed by atoms with E-state index in [9.17, 15) is 0 Å². The lowest BCUT2D eigenvalue weighted by Crippen LogP contribution is -2.67. The summed E-state index contributed by atoms with van der Waals surface area (Å²) in [5.74, 6) is -0.785. The van der Waals surface area contributed by atoms with Crippen LogP contribution in [0.2, 0.25) is 77.1 Å². The Kier molecular flexibility index (Phi) is 12.8. The monoisotopic (exact) mass is 706 g/mol. The number of fused-ring (bicyclic) bond motifs is 1. The van der Waals surface area contributed by atoms with Gasteiger partial charge >= 0.3 is 0 Å². The standard InChI is InChI=1S/C33H70O8Si4/c1-23-25(20-18-19-21-35-42(7,8)9)38-33(34-6,22-26(23)39-43(10,11)12)30(41-44(13,14)15)28-24(2)27(29-31(36-28)37-29)40-45(16,17)32(3,4)5/h23-31H,18-22H2,1-17H3/t23-,24+,25+,26-,27+,28+,29-,30-,31+,33+/m0/s1. The van der Waals surface area contributed by atoms with Crippen molar-refractivity contribution in [2.75, 3.05) is 13.7 Å². The second kappa shape index (κ2) is 14.4. The third-order valence-corrected chi connectivity index (χ3v) is 17.4. The summed E-state index contributed by atoms with van der Waals surface area (Å²) >= 11 is 0. The van der Waals surface area contributed by atoms with Gasteiger partial charge in [-0.2, -0.15) is 0 Å². The molecule has 3 aliphatic rings. The number of hydrogen-bond acceptors (Lipinski definition) is 8. The molecule has 0 radical (unpaired) electrons. The van der Waals surface area contributed by atoms with E-state index in [1.165, 1.54) is 0 Å². The van der Waals surface area contributed by atoms with Crippen molar-refractivity contribution in [3.8, 4) is 0 Å². The maximum atomic E-state index is 7.20. The highest BCUT2D eigenvalue weighted by molar-refractivity contribution is 6.74. The third-order valence-electron chi connectivity index (χ3n) is 9.86. The lowest BCUT2D eigenvalue weighted by atomic mass is 9.80. The van der Waals surface area contributed by atoms with Crippen molar-refractivity contribution in [3.63, 3.8) is 0 Å². The van der Waals surface area contributed by atoms with Gasteiger partial charge in [0.1, 0.15) is 12.2 Å². The average Bonchev–Trinajstić information content (AvgIpc) is 3.63. The van der Waals surface area contributed by atoms with Gasteiger partial charge in [0.15, 0.2) is 45.3 Å². The van der Waals surface area contributed by atoms with Gasteiger partial charge in [-0.25, -0.2) is 0 Å². The molecule has 12 heteroatoms. The minimum atomic E-state index is -2.11. The largest absolute Gasteiger partial charge is 0.418 e. The average molecular weight is 707 g/mol. The molecule has 3 fully saturated rings. The molecule has 3 heterocycles. The number of epoxide rings is 1. The lowest BCUT2D eigenvalue weighted by molar-refractivity contribution is -0.348. The summed E-state index contributed by atoms with van der Waals surface area (Å²) in [5, 5.41) is 0.0875. The molecule has 8 nitrogen and oxygen atoms in total. The molecule has 0 N–H and O–H groups in total. The van der Waals surface area contributed by atoms with E-state index in [0.29, 0.717) is 6.42 Å². The van der Waals surface area contributed by atoms with Crippen molar-refractivity contribution in [1.29, 1.82) is 0 Å². The van der Waals surface area contributed by atoms with Crippen LogP contribution in [0.3, 0.4) is 0 Å². The number of hydrogen-bond donors (Lipinski definition) is 0. The predicted octanol–water partition coefficient (Wildman–Crippen LogP) is 8.37. The van der Waals surface area contributed by atoms with Gasteiger partial charge < -0.3 is 36.7 Å². The molecule has 45 heavy (non-hydrogen) atoms. The van der Waals surface area contributed by atoms with Gasteiger partial charge in [0.05, 0.1) is 24.4 Å². The van der Waals surface area contributed by atoms with Gasteiger partial charge in [-0.15, -0.1) is 0 Å². The van der Waals surface area contributed by atoms with Gasteiger partial charge in [0, 0.05) is 32.0 Å². The smallest absolute Gasteiger partial charge is 0.198 e. The van der Waals surface area contributed by atoms with E-state index in [1.807, 2.05) is 0 Å². The Morgan fingerprint density at radius 3 is 1.93 bits per heavy atom. The molecule has 0 unspecified atom stereocenters. The molecule has 3 rings (SSSR count). The van der Waals surface area contributed by atoms with Crippen LogP contribution in [0.5, 0.6) is 0 Å². The van der Waals surface area contributed by atoms with Crippen LogP contribution in [0.15, 0.2) is 0 Å². The van der Waals surface area contributed by atoms with Crippen LogP contribution < -0.4 is 0 Å². The van der Waals surface area contributed by atoms with Crippen molar-refractivity contribution in [2.24, 2.45) is 11.8 Å². The summed E-state index contributed by atoms with van der Waals surface area (Å²) in [4.78, 5) is 0. The zero-order valence-corrected chi connectivity index (χ0v) is 36.0. The Hall–Kier alpha value is 0.548. The molecule has 0 aromatic heterocycles. The van der Waals surface area contributed by atoms with Gasteiger partial charge in [0.2, 0.25) is 0 Å². The lowest BCUT2D eigenvalue weighted by Gasteiger charge is -2.54.